The third kappa shape index (κ3) is 7.59. The molecule has 0 fully saturated rings. The molecule has 0 aliphatic rings. The lowest BCUT2D eigenvalue weighted by Crippen LogP contribution is -2.31. The second-order valence-electron chi connectivity index (χ2n) is 3.93. The fourth-order valence-electron chi connectivity index (χ4n) is 0.709. The van der Waals surface area contributed by atoms with Crippen LogP contribution in [0.1, 0.15) is 33.6 Å². The van der Waals surface area contributed by atoms with Gasteiger partial charge in [0.15, 0.2) is 0 Å². The van der Waals surface area contributed by atoms with Crippen LogP contribution in [0.2, 0.25) is 0 Å². The van der Waals surface area contributed by atoms with Gasteiger partial charge in [-0.1, -0.05) is 0 Å². The molecule has 2 heteroatoms. The van der Waals surface area contributed by atoms with E-state index in [1.165, 1.54) is 0 Å². The molecule has 0 aromatic rings. The molecule has 1 atom stereocenters. The largest absolute Gasteiger partial charge is 0.374 e. The smallest absolute Gasteiger partial charge is 0.0624 e. The molecule has 1 unspecified atom stereocenters. The molecule has 0 saturated carbocycles. The van der Waals surface area contributed by atoms with E-state index in [1.807, 2.05) is 20.8 Å². The molecule has 70 valence electrons. The van der Waals surface area contributed by atoms with Gasteiger partial charge in [0, 0.05) is 12.5 Å². The molecule has 0 aliphatic carbocycles. The zero-order valence-corrected chi connectivity index (χ0v) is 8.26. The first-order valence-corrected chi connectivity index (χ1v) is 4.28. The summed E-state index contributed by atoms with van der Waals surface area (Å²) in [6.45, 7) is 6.63. The van der Waals surface area contributed by atoms with E-state index >= 15 is 0 Å². The Hall–Kier alpha value is -0.520. The van der Waals surface area contributed by atoms with Gasteiger partial charge in [0.25, 0.3) is 0 Å². The van der Waals surface area contributed by atoms with Crippen LogP contribution in [0.4, 0.5) is 0 Å². The van der Waals surface area contributed by atoms with Crippen LogP contribution >= 0.6 is 0 Å². The summed E-state index contributed by atoms with van der Waals surface area (Å²) in [7, 11) is 0. The fourth-order valence-corrected chi connectivity index (χ4v) is 0.709. The molecular formula is C10H19NO. The van der Waals surface area contributed by atoms with Gasteiger partial charge < -0.3 is 10.5 Å². The first-order valence-electron chi connectivity index (χ1n) is 4.28. The highest BCUT2D eigenvalue weighted by Crippen LogP contribution is 2.07. The molecule has 0 saturated heterocycles. The van der Waals surface area contributed by atoms with E-state index in [1.54, 1.807) is 0 Å². The van der Waals surface area contributed by atoms with Crippen molar-refractivity contribution in [2.45, 2.75) is 45.3 Å². The minimum absolute atomic E-state index is 0.0697. The molecule has 0 bridgehead atoms. The SMILES string of the molecule is C#CCCC(N)COC(C)(C)C. The van der Waals surface area contributed by atoms with Gasteiger partial charge in [-0.15, -0.1) is 12.3 Å². The molecule has 0 aromatic heterocycles. The molecule has 0 aromatic carbocycles. The van der Waals surface area contributed by atoms with Gasteiger partial charge in [0.1, 0.15) is 0 Å². The van der Waals surface area contributed by atoms with Crippen molar-refractivity contribution in [2.75, 3.05) is 6.61 Å². The van der Waals surface area contributed by atoms with Crippen LogP contribution in [0.25, 0.3) is 0 Å². The highest BCUT2D eigenvalue weighted by Gasteiger charge is 2.12. The van der Waals surface area contributed by atoms with Crippen molar-refractivity contribution in [3.05, 3.63) is 0 Å². The number of terminal acetylenes is 1. The third-order valence-electron chi connectivity index (χ3n) is 1.39. The Balaban J connectivity index is 3.45. The lowest BCUT2D eigenvalue weighted by Gasteiger charge is -2.22. The Morgan fingerprint density at radius 2 is 2.08 bits per heavy atom. The summed E-state index contributed by atoms with van der Waals surface area (Å²) >= 11 is 0. The molecule has 0 spiro atoms. The van der Waals surface area contributed by atoms with Crippen LogP contribution in [-0.2, 0) is 4.74 Å². The van der Waals surface area contributed by atoms with E-state index in [9.17, 15) is 0 Å². The van der Waals surface area contributed by atoms with Crippen molar-refractivity contribution in [1.29, 1.82) is 0 Å². The predicted molar refractivity (Wildman–Crippen MR) is 51.7 cm³/mol. The Morgan fingerprint density at radius 3 is 2.50 bits per heavy atom. The summed E-state index contributed by atoms with van der Waals surface area (Å²) in [4.78, 5) is 0. The quantitative estimate of drug-likeness (QED) is 0.648. The van der Waals surface area contributed by atoms with Gasteiger partial charge in [-0.2, -0.15) is 0 Å². The first kappa shape index (κ1) is 11.5. The number of ether oxygens (including phenoxy) is 1. The monoisotopic (exact) mass is 169 g/mol. The topological polar surface area (TPSA) is 35.2 Å². The maximum atomic E-state index is 5.75. The Bertz CT molecular complexity index is 152. The number of hydrogen-bond donors (Lipinski definition) is 1. The fraction of sp³-hybridized carbons (Fsp3) is 0.800. The maximum absolute atomic E-state index is 5.75. The second kappa shape index (κ2) is 5.18. The molecule has 0 radical (unpaired) electrons. The van der Waals surface area contributed by atoms with Crippen molar-refractivity contribution in [2.24, 2.45) is 5.73 Å². The van der Waals surface area contributed by atoms with Crippen LogP contribution in [-0.4, -0.2) is 18.2 Å². The van der Waals surface area contributed by atoms with Crippen LogP contribution in [0.5, 0.6) is 0 Å². The first-order chi connectivity index (χ1) is 5.45. The van der Waals surface area contributed by atoms with E-state index in [2.05, 4.69) is 5.92 Å². The Labute approximate surface area is 75.5 Å². The zero-order valence-electron chi connectivity index (χ0n) is 8.26. The van der Waals surface area contributed by atoms with E-state index < -0.39 is 0 Å². The number of hydrogen-bond acceptors (Lipinski definition) is 2. The van der Waals surface area contributed by atoms with Crippen LogP contribution in [0.3, 0.4) is 0 Å². The molecule has 0 heterocycles. The summed E-state index contributed by atoms with van der Waals surface area (Å²) in [5, 5.41) is 0. The summed E-state index contributed by atoms with van der Waals surface area (Å²) in [6.07, 6.45) is 6.68. The van der Waals surface area contributed by atoms with E-state index in [-0.39, 0.29) is 11.6 Å². The Kier molecular flexibility index (Phi) is 4.96. The van der Waals surface area contributed by atoms with Gasteiger partial charge in [-0.25, -0.2) is 0 Å². The molecule has 0 amide bonds. The Morgan fingerprint density at radius 1 is 1.50 bits per heavy atom. The minimum atomic E-state index is -0.103. The summed E-state index contributed by atoms with van der Waals surface area (Å²) in [5.74, 6) is 2.56. The zero-order chi connectivity index (χ0) is 9.61. The minimum Gasteiger partial charge on any atom is -0.374 e. The van der Waals surface area contributed by atoms with Crippen molar-refractivity contribution < 1.29 is 4.74 Å². The average molecular weight is 169 g/mol. The van der Waals surface area contributed by atoms with Crippen LogP contribution in [0.15, 0.2) is 0 Å². The molecule has 12 heavy (non-hydrogen) atoms. The van der Waals surface area contributed by atoms with Gasteiger partial charge >= 0.3 is 0 Å². The van der Waals surface area contributed by atoms with Crippen molar-refractivity contribution in [1.82, 2.24) is 0 Å². The number of nitrogens with two attached hydrogens (primary N) is 1. The van der Waals surface area contributed by atoms with Crippen LogP contribution in [0, 0.1) is 12.3 Å². The van der Waals surface area contributed by atoms with Gasteiger partial charge in [-0.05, 0) is 27.2 Å². The molecule has 2 N–H and O–H groups in total. The van der Waals surface area contributed by atoms with Gasteiger partial charge in [-0.3, -0.25) is 0 Å². The molecule has 2 nitrogen and oxygen atoms in total. The molecular weight excluding hydrogens is 150 g/mol. The summed E-state index contributed by atoms with van der Waals surface area (Å²) in [6, 6.07) is 0.0697. The number of rotatable bonds is 4. The van der Waals surface area contributed by atoms with Crippen LogP contribution < -0.4 is 5.73 Å². The summed E-state index contributed by atoms with van der Waals surface area (Å²) in [5.41, 5.74) is 5.64. The van der Waals surface area contributed by atoms with Gasteiger partial charge in [0.05, 0.1) is 12.2 Å². The maximum Gasteiger partial charge on any atom is 0.0624 e. The lowest BCUT2D eigenvalue weighted by molar-refractivity contribution is -0.0106. The van der Waals surface area contributed by atoms with Crippen molar-refractivity contribution in [3.63, 3.8) is 0 Å². The van der Waals surface area contributed by atoms with Crippen molar-refractivity contribution in [3.8, 4) is 12.3 Å². The van der Waals surface area contributed by atoms with Crippen molar-refractivity contribution >= 4 is 0 Å². The molecule has 0 rings (SSSR count). The lowest BCUT2D eigenvalue weighted by atomic mass is 10.1. The van der Waals surface area contributed by atoms with E-state index in [4.69, 9.17) is 16.9 Å². The average Bonchev–Trinajstić information content (AvgIpc) is 1.95. The summed E-state index contributed by atoms with van der Waals surface area (Å²) < 4.78 is 5.49. The normalized spacial score (nSPS) is 13.9. The third-order valence-corrected chi connectivity index (χ3v) is 1.39. The second-order valence-corrected chi connectivity index (χ2v) is 3.93. The highest BCUT2D eigenvalue weighted by atomic mass is 16.5. The highest BCUT2D eigenvalue weighted by molar-refractivity contribution is 4.85. The van der Waals surface area contributed by atoms with Gasteiger partial charge in [0.2, 0.25) is 0 Å². The standard InChI is InChI=1S/C10H19NO/c1-5-6-7-9(11)8-12-10(2,3)4/h1,9H,6-8,11H2,2-4H3. The predicted octanol–water partition coefficient (Wildman–Crippen LogP) is 1.54. The molecule has 0 aliphatic heterocycles. The van der Waals surface area contributed by atoms with E-state index in [0.717, 1.165) is 12.8 Å². The van der Waals surface area contributed by atoms with E-state index in [0.29, 0.717) is 6.61 Å².